The molecular formula is C14H21FN2O2. The summed E-state index contributed by atoms with van der Waals surface area (Å²) in [6.45, 7) is 0.794. The fraction of sp³-hybridized carbons (Fsp3) is 0.571. The molecule has 4 nitrogen and oxygen atoms in total. The number of nitrogens with two attached hydrogens (primary N) is 1. The molecule has 2 rings (SSSR count). The zero-order valence-electron chi connectivity index (χ0n) is 11.2. The molecule has 3 N–H and O–H groups in total. The van der Waals surface area contributed by atoms with E-state index in [1.54, 1.807) is 13.2 Å². The fourth-order valence-corrected chi connectivity index (χ4v) is 2.52. The minimum Gasteiger partial charge on any atom is -0.496 e. The van der Waals surface area contributed by atoms with Crippen LogP contribution in [0.2, 0.25) is 0 Å². The Bertz CT molecular complexity index is 408. The highest BCUT2D eigenvalue weighted by Crippen LogP contribution is 2.30. The molecule has 2 atom stereocenters. The molecule has 0 saturated carbocycles. The molecule has 0 aromatic heterocycles. The van der Waals surface area contributed by atoms with Gasteiger partial charge in [-0.25, -0.2) is 4.39 Å². The number of ether oxygens (including phenoxy) is 2. The smallest absolute Gasteiger partial charge is 0.123 e. The second-order valence-electron chi connectivity index (χ2n) is 4.83. The molecule has 0 radical (unpaired) electrons. The third kappa shape index (κ3) is 3.65. The summed E-state index contributed by atoms with van der Waals surface area (Å²) in [4.78, 5) is 0. The molecule has 106 valence electrons. The van der Waals surface area contributed by atoms with E-state index in [1.807, 2.05) is 0 Å². The first-order valence-corrected chi connectivity index (χ1v) is 6.65. The van der Waals surface area contributed by atoms with Crippen LogP contribution in [0.5, 0.6) is 5.75 Å². The van der Waals surface area contributed by atoms with Crippen molar-refractivity contribution in [3.8, 4) is 5.75 Å². The van der Waals surface area contributed by atoms with Gasteiger partial charge in [0.05, 0.1) is 19.3 Å². The van der Waals surface area contributed by atoms with Crippen LogP contribution in [0.3, 0.4) is 0 Å². The Morgan fingerprint density at radius 3 is 3.00 bits per heavy atom. The second-order valence-corrected chi connectivity index (χ2v) is 4.83. The molecular weight excluding hydrogens is 247 g/mol. The predicted molar refractivity (Wildman–Crippen MR) is 71.2 cm³/mol. The average Bonchev–Trinajstić information content (AvgIpc) is 2.46. The lowest BCUT2D eigenvalue weighted by molar-refractivity contribution is 0.00488. The van der Waals surface area contributed by atoms with Crippen LogP contribution in [-0.2, 0) is 4.74 Å². The molecule has 1 aliphatic rings. The van der Waals surface area contributed by atoms with Gasteiger partial charge in [0.2, 0.25) is 0 Å². The Balaban J connectivity index is 2.13. The first kappa shape index (κ1) is 14.2. The van der Waals surface area contributed by atoms with Crippen LogP contribution in [0.25, 0.3) is 0 Å². The van der Waals surface area contributed by atoms with Crippen LogP contribution in [0, 0.1) is 5.82 Å². The van der Waals surface area contributed by atoms with Crippen LogP contribution >= 0.6 is 0 Å². The zero-order valence-corrected chi connectivity index (χ0v) is 11.2. The SMILES string of the molecule is COc1ccc(F)cc1C(CC1CCCCO1)NN. The highest BCUT2D eigenvalue weighted by Gasteiger charge is 2.22. The highest BCUT2D eigenvalue weighted by atomic mass is 19.1. The zero-order chi connectivity index (χ0) is 13.7. The lowest BCUT2D eigenvalue weighted by atomic mass is 9.96. The van der Waals surface area contributed by atoms with Gasteiger partial charge in [-0.05, 0) is 43.9 Å². The molecule has 5 heteroatoms. The largest absolute Gasteiger partial charge is 0.496 e. The van der Waals surface area contributed by atoms with Crippen molar-refractivity contribution in [3.05, 3.63) is 29.6 Å². The maximum atomic E-state index is 13.4. The predicted octanol–water partition coefficient (Wildman–Crippen LogP) is 2.30. The Kier molecular flexibility index (Phi) is 5.13. The average molecular weight is 268 g/mol. The number of hydrogen-bond donors (Lipinski definition) is 2. The van der Waals surface area contributed by atoms with Crippen molar-refractivity contribution in [1.82, 2.24) is 5.43 Å². The summed E-state index contributed by atoms with van der Waals surface area (Å²) in [6, 6.07) is 4.30. The minimum absolute atomic E-state index is 0.169. The first-order chi connectivity index (χ1) is 9.24. The Labute approximate surface area is 113 Å². The lowest BCUT2D eigenvalue weighted by Gasteiger charge is -2.27. The van der Waals surface area contributed by atoms with Crippen molar-refractivity contribution < 1.29 is 13.9 Å². The molecule has 1 fully saturated rings. The van der Waals surface area contributed by atoms with E-state index in [1.165, 1.54) is 18.6 Å². The molecule has 0 amide bonds. The molecule has 1 aromatic rings. The molecule has 1 heterocycles. The molecule has 0 aliphatic carbocycles. The van der Waals surface area contributed by atoms with Gasteiger partial charge in [-0.3, -0.25) is 11.3 Å². The monoisotopic (exact) mass is 268 g/mol. The third-order valence-corrected chi connectivity index (χ3v) is 3.54. The number of methoxy groups -OCH3 is 1. The van der Waals surface area contributed by atoms with Crippen molar-refractivity contribution in [1.29, 1.82) is 0 Å². The van der Waals surface area contributed by atoms with Gasteiger partial charge in [-0.15, -0.1) is 0 Å². The summed E-state index contributed by atoms with van der Waals surface area (Å²) in [5.41, 5.74) is 3.48. The topological polar surface area (TPSA) is 56.5 Å². The van der Waals surface area contributed by atoms with Crippen molar-refractivity contribution >= 4 is 0 Å². The summed E-state index contributed by atoms with van der Waals surface area (Å²) >= 11 is 0. The van der Waals surface area contributed by atoms with Crippen LogP contribution in [0.4, 0.5) is 4.39 Å². The van der Waals surface area contributed by atoms with Crippen molar-refractivity contribution in [2.75, 3.05) is 13.7 Å². The molecule has 2 unspecified atom stereocenters. The molecule has 0 spiro atoms. The number of halogens is 1. The van der Waals surface area contributed by atoms with E-state index in [4.69, 9.17) is 15.3 Å². The summed E-state index contributed by atoms with van der Waals surface area (Å²) in [5, 5.41) is 0. The van der Waals surface area contributed by atoms with Gasteiger partial charge in [-0.1, -0.05) is 0 Å². The molecule has 0 bridgehead atoms. The molecule has 1 aliphatic heterocycles. The molecule has 1 aromatic carbocycles. The van der Waals surface area contributed by atoms with E-state index in [2.05, 4.69) is 5.43 Å². The molecule has 19 heavy (non-hydrogen) atoms. The van der Waals surface area contributed by atoms with Gasteiger partial charge in [0.25, 0.3) is 0 Å². The number of hydrazine groups is 1. The van der Waals surface area contributed by atoms with Crippen molar-refractivity contribution in [3.63, 3.8) is 0 Å². The van der Waals surface area contributed by atoms with Crippen LogP contribution < -0.4 is 16.0 Å². The van der Waals surface area contributed by atoms with E-state index < -0.39 is 0 Å². The number of hydrogen-bond acceptors (Lipinski definition) is 4. The quantitative estimate of drug-likeness (QED) is 0.635. The lowest BCUT2D eigenvalue weighted by Crippen LogP contribution is -2.33. The second kappa shape index (κ2) is 6.84. The first-order valence-electron chi connectivity index (χ1n) is 6.65. The molecule has 1 saturated heterocycles. The van der Waals surface area contributed by atoms with Gasteiger partial charge in [0, 0.05) is 12.2 Å². The van der Waals surface area contributed by atoms with E-state index >= 15 is 0 Å². The fourth-order valence-electron chi connectivity index (χ4n) is 2.52. The van der Waals surface area contributed by atoms with E-state index in [-0.39, 0.29) is 18.0 Å². The summed E-state index contributed by atoms with van der Waals surface area (Å²) in [5.74, 6) is 5.96. The van der Waals surface area contributed by atoms with Gasteiger partial charge in [0.1, 0.15) is 11.6 Å². The standard InChI is InChI=1S/C14H21FN2O2/c1-18-14-6-5-10(15)8-12(14)13(17-16)9-11-4-2-3-7-19-11/h5-6,8,11,13,17H,2-4,7,9,16H2,1H3. The van der Waals surface area contributed by atoms with E-state index in [0.717, 1.165) is 31.4 Å². The minimum atomic E-state index is -0.291. The maximum Gasteiger partial charge on any atom is 0.123 e. The Morgan fingerprint density at radius 2 is 2.37 bits per heavy atom. The maximum absolute atomic E-state index is 13.4. The number of benzene rings is 1. The summed E-state index contributed by atoms with van der Waals surface area (Å²) in [6.07, 6.45) is 4.19. The van der Waals surface area contributed by atoms with E-state index in [0.29, 0.717) is 5.75 Å². The third-order valence-electron chi connectivity index (χ3n) is 3.54. The Morgan fingerprint density at radius 1 is 1.53 bits per heavy atom. The van der Waals surface area contributed by atoms with Crippen LogP contribution in [0.15, 0.2) is 18.2 Å². The van der Waals surface area contributed by atoms with Crippen LogP contribution in [0.1, 0.15) is 37.3 Å². The number of nitrogens with one attached hydrogen (secondary N) is 1. The van der Waals surface area contributed by atoms with Crippen molar-refractivity contribution in [2.24, 2.45) is 5.84 Å². The van der Waals surface area contributed by atoms with Crippen molar-refractivity contribution in [2.45, 2.75) is 37.8 Å². The normalized spacial score (nSPS) is 21.1. The van der Waals surface area contributed by atoms with E-state index in [9.17, 15) is 4.39 Å². The van der Waals surface area contributed by atoms with Gasteiger partial charge >= 0.3 is 0 Å². The Hall–Kier alpha value is -1.17. The number of rotatable bonds is 5. The summed E-state index contributed by atoms with van der Waals surface area (Å²) < 4.78 is 24.4. The van der Waals surface area contributed by atoms with Gasteiger partial charge in [-0.2, -0.15) is 0 Å². The van der Waals surface area contributed by atoms with Gasteiger partial charge in [0.15, 0.2) is 0 Å². The summed E-state index contributed by atoms with van der Waals surface area (Å²) in [7, 11) is 1.57. The highest BCUT2D eigenvalue weighted by molar-refractivity contribution is 5.36. The van der Waals surface area contributed by atoms with Gasteiger partial charge < -0.3 is 9.47 Å². The van der Waals surface area contributed by atoms with Crippen LogP contribution in [-0.4, -0.2) is 19.8 Å².